The smallest absolute Gasteiger partial charge is 0.323 e. The Bertz CT molecular complexity index is 1590. The van der Waals surface area contributed by atoms with Crippen molar-refractivity contribution in [2.75, 3.05) is 13.2 Å². The monoisotopic (exact) mass is 571 g/mol. The van der Waals surface area contributed by atoms with Crippen molar-refractivity contribution in [3.05, 3.63) is 95.4 Å². The predicted octanol–water partition coefficient (Wildman–Crippen LogP) is 7.07. The van der Waals surface area contributed by atoms with Gasteiger partial charge in [0.05, 0.1) is 25.2 Å². The van der Waals surface area contributed by atoms with Gasteiger partial charge in [-0.3, -0.25) is 9.59 Å². The molecule has 1 aliphatic carbocycles. The SMILES string of the molecule is O=C(O)Cn1cc(CC2(CC(=O)O)CC2)c2cccc(C=Cc3ccc(OCCCCOc4ccccc4F)cc3)c21. The quantitative estimate of drug-likeness (QED) is 0.117. The molecule has 1 aromatic heterocycles. The van der Waals surface area contributed by atoms with Gasteiger partial charge in [0.1, 0.15) is 12.3 Å². The number of halogens is 1. The number of fused-ring (bicyclic) bond motifs is 1. The summed E-state index contributed by atoms with van der Waals surface area (Å²) in [6, 6.07) is 20.0. The van der Waals surface area contributed by atoms with Gasteiger partial charge in [-0.25, -0.2) is 4.39 Å². The fraction of sp³-hybridized carbons (Fsp3) is 0.294. The molecule has 3 aromatic carbocycles. The van der Waals surface area contributed by atoms with Crippen LogP contribution in [0.25, 0.3) is 23.1 Å². The number of ether oxygens (including phenoxy) is 2. The Kier molecular flexibility index (Phi) is 8.91. The van der Waals surface area contributed by atoms with Gasteiger partial charge in [-0.05, 0) is 78.5 Å². The minimum atomic E-state index is -0.933. The van der Waals surface area contributed by atoms with E-state index in [-0.39, 0.29) is 29.9 Å². The molecule has 2 N–H and O–H groups in total. The molecule has 1 saturated carbocycles. The van der Waals surface area contributed by atoms with E-state index in [0.717, 1.165) is 59.0 Å². The first-order valence-corrected chi connectivity index (χ1v) is 14.1. The van der Waals surface area contributed by atoms with Crippen LogP contribution in [0.5, 0.6) is 11.5 Å². The molecule has 5 rings (SSSR count). The molecule has 218 valence electrons. The number of nitrogens with zero attached hydrogens (tertiary/aromatic N) is 1. The Morgan fingerprint density at radius 3 is 2.31 bits per heavy atom. The maximum Gasteiger partial charge on any atom is 0.323 e. The average Bonchev–Trinajstić information content (AvgIpc) is 3.62. The average molecular weight is 572 g/mol. The number of aliphatic carboxylic acids is 2. The second-order valence-electron chi connectivity index (χ2n) is 10.9. The molecular weight excluding hydrogens is 537 g/mol. The Morgan fingerprint density at radius 2 is 1.62 bits per heavy atom. The molecule has 0 atom stereocenters. The first kappa shape index (κ1) is 28.9. The van der Waals surface area contributed by atoms with Gasteiger partial charge in [-0.1, -0.05) is 54.6 Å². The summed E-state index contributed by atoms with van der Waals surface area (Å²) in [4.78, 5) is 23.0. The Morgan fingerprint density at radius 1 is 0.881 bits per heavy atom. The topological polar surface area (TPSA) is 98.0 Å². The van der Waals surface area contributed by atoms with Crippen LogP contribution in [-0.2, 0) is 22.6 Å². The van der Waals surface area contributed by atoms with Crippen molar-refractivity contribution in [2.45, 2.75) is 45.1 Å². The maximum absolute atomic E-state index is 13.6. The fourth-order valence-corrected chi connectivity index (χ4v) is 5.33. The number of benzene rings is 3. The van der Waals surface area contributed by atoms with Gasteiger partial charge in [0.25, 0.3) is 0 Å². The van der Waals surface area contributed by atoms with E-state index in [1.807, 2.05) is 60.8 Å². The number of carboxylic acid groups (broad SMARTS) is 2. The highest BCUT2D eigenvalue weighted by atomic mass is 19.1. The van der Waals surface area contributed by atoms with E-state index in [1.165, 1.54) is 6.07 Å². The van der Waals surface area contributed by atoms with Gasteiger partial charge in [-0.2, -0.15) is 0 Å². The number of para-hydroxylation sites is 2. The summed E-state index contributed by atoms with van der Waals surface area (Å²) in [6.45, 7) is 0.768. The summed E-state index contributed by atoms with van der Waals surface area (Å²) in [5.74, 6) is -1.08. The van der Waals surface area contributed by atoms with Crippen LogP contribution >= 0.6 is 0 Å². The highest BCUT2D eigenvalue weighted by Crippen LogP contribution is 2.52. The van der Waals surface area contributed by atoms with Crippen molar-refractivity contribution in [3.63, 3.8) is 0 Å². The molecular formula is C34H34FNO6. The molecule has 1 heterocycles. The molecule has 0 saturated heterocycles. The van der Waals surface area contributed by atoms with E-state index >= 15 is 0 Å². The molecule has 7 nitrogen and oxygen atoms in total. The summed E-state index contributed by atoms with van der Waals surface area (Å²) in [6.07, 6.45) is 9.82. The van der Waals surface area contributed by atoms with Crippen molar-refractivity contribution in [3.8, 4) is 11.5 Å². The van der Waals surface area contributed by atoms with Gasteiger partial charge < -0.3 is 24.3 Å². The first-order valence-electron chi connectivity index (χ1n) is 14.1. The number of unbranched alkanes of at least 4 members (excludes halogenated alkanes) is 1. The van der Waals surface area contributed by atoms with Crippen LogP contribution in [0, 0.1) is 11.2 Å². The normalized spacial score (nSPS) is 13.8. The third-order valence-electron chi connectivity index (χ3n) is 7.60. The lowest BCUT2D eigenvalue weighted by Gasteiger charge is -2.11. The second kappa shape index (κ2) is 12.9. The van der Waals surface area contributed by atoms with Gasteiger partial charge >= 0.3 is 11.9 Å². The molecule has 42 heavy (non-hydrogen) atoms. The zero-order valence-electron chi connectivity index (χ0n) is 23.3. The van der Waals surface area contributed by atoms with Crippen molar-refractivity contribution in [2.24, 2.45) is 5.41 Å². The van der Waals surface area contributed by atoms with Crippen molar-refractivity contribution >= 4 is 35.0 Å². The van der Waals surface area contributed by atoms with Crippen LogP contribution in [0.2, 0.25) is 0 Å². The molecule has 8 heteroatoms. The maximum atomic E-state index is 13.6. The van der Waals surface area contributed by atoms with Crippen LogP contribution in [0.3, 0.4) is 0 Å². The lowest BCUT2D eigenvalue weighted by Crippen LogP contribution is -2.11. The van der Waals surface area contributed by atoms with E-state index in [9.17, 15) is 24.2 Å². The van der Waals surface area contributed by atoms with Crippen LogP contribution < -0.4 is 9.47 Å². The molecule has 0 spiro atoms. The molecule has 1 fully saturated rings. The molecule has 0 amide bonds. The van der Waals surface area contributed by atoms with E-state index in [4.69, 9.17) is 9.47 Å². The molecule has 0 bridgehead atoms. The van der Waals surface area contributed by atoms with E-state index in [2.05, 4.69) is 0 Å². The minimum Gasteiger partial charge on any atom is -0.494 e. The highest BCUT2D eigenvalue weighted by molar-refractivity contribution is 5.94. The molecule has 4 aromatic rings. The van der Waals surface area contributed by atoms with Crippen LogP contribution in [-0.4, -0.2) is 39.9 Å². The second-order valence-corrected chi connectivity index (χ2v) is 10.9. The molecule has 0 aliphatic heterocycles. The summed E-state index contributed by atoms with van der Waals surface area (Å²) < 4.78 is 26.7. The lowest BCUT2D eigenvalue weighted by molar-refractivity contribution is -0.139. The van der Waals surface area contributed by atoms with E-state index in [0.29, 0.717) is 19.6 Å². The summed E-state index contributed by atoms with van der Waals surface area (Å²) in [5.41, 5.74) is 3.43. The number of carbonyl (C=O) groups is 2. The van der Waals surface area contributed by atoms with Crippen LogP contribution in [0.1, 0.15) is 48.8 Å². The number of hydrogen-bond donors (Lipinski definition) is 2. The first-order chi connectivity index (χ1) is 20.3. The van der Waals surface area contributed by atoms with E-state index in [1.54, 1.807) is 22.8 Å². The predicted molar refractivity (Wildman–Crippen MR) is 159 cm³/mol. The zero-order valence-corrected chi connectivity index (χ0v) is 23.3. The highest BCUT2D eigenvalue weighted by Gasteiger charge is 2.44. The van der Waals surface area contributed by atoms with Crippen molar-refractivity contribution in [1.29, 1.82) is 0 Å². The van der Waals surface area contributed by atoms with E-state index < -0.39 is 11.9 Å². The lowest BCUT2D eigenvalue weighted by atomic mass is 9.92. The Hall–Kier alpha value is -4.59. The Labute approximate surface area is 243 Å². The summed E-state index contributed by atoms with van der Waals surface area (Å²) in [5, 5.41) is 19.8. The van der Waals surface area contributed by atoms with Crippen LogP contribution in [0.4, 0.5) is 4.39 Å². The van der Waals surface area contributed by atoms with Crippen LogP contribution in [0.15, 0.2) is 72.9 Å². The number of hydrogen-bond acceptors (Lipinski definition) is 4. The Balaban J connectivity index is 1.21. The summed E-state index contributed by atoms with van der Waals surface area (Å²) in [7, 11) is 0. The van der Waals surface area contributed by atoms with Gasteiger partial charge in [-0.15, -0.1) is 0 Å². The van der Waals surface area contributed by atoms with Gasteiger partial charge in [0.15, 0.2) is 11.6 Å². The zero-order chi connectivity index (χ0) is 29.5. The van der Waals surface area contributed by atoms with Gasteiger partial charge in [0, 0.05) is 11.6 Å². The third kappa shape index (κ3) is 7.37. The largest absolute Gasteiger partial charge is 0.494 e. The molecule has 1 aliphatic rings. The summed E-state index contributed by atoms with van der Waals surface area (Å²) >= 11 is 0. The fourth-order valence-electron chi connectivity index (χ4n) is 5.33. The van der Waals surface area contributed by atoms with Crippen molar-refractivity contribution < 1.29 is 33.7 Å². The number of aromatic nitrogens is 1. The van der Waals surface area contributed by atoms with Crippen molar-refractivity contribution in [1.82, 2.24) is 4.57 Å². The van der Waals surface area contributed by atoms with Gasteiger partial charge in [0.2, 0.25) is 0 Å². The third-order valence-corrected chi connectivity index (χ3v) is 7.60. The number of rotatable bonds is 15. The molecule has 0 radical (unpaired) electrons. The standard InChI is InChI=1S/C34H34FNO6/c35-29-8-1-2-9-30(29)42-19-4-3-18-41-27-14-11-24(12-15-27)10-13-25-6-5-7-28-26(20-34(16-17-34)21-31(37)38)22-36(33(25)28)23-32(39)40/h1-2,5-15,22H,3-4,16-21,23H2,(H,37,38)(H,39,40). The molecule has 0 unspecified atom stereocenters. The minimum absolute atomic E-state index is 0.127. The number of carboxylic acids is 2.